The molecule has 92 valence electrons. The molecule has 1 aromatic rings. The van der Waals surface area contributed by atoms with Crippen LogP contribution < -0.4 is 10.6 Å². The molecule has 0 unspecified atom stereocenters. The number of carboxylic acids is 1. The lowest BCUT2D eigenvalue weighted by atomic mass is 10.2. The van der Waals surface area contributed by atoms with Crippen LogP contribution in [0.4, 0.5) is 10.5 Å². The van der Waals surface area contributed by atoms with Crippen molar-refractivity contribution in [3.8, 4) is 0 Å². The van der Waals surface area contributed by atoms with Crippen molar-refractivity contribution in [2.75, 3.05) is 11.9 Å². The van der Waals surface area contributed by atoms with Gasteiger partial charge in [-0.2, -0.15) is 0 Å². The number of urea groups is 1. The van der Waals surface area contributed by atoms with Gasteiger partial charge in [0.25, 0.3) is 0 Å². The molecule has 0 saturated heterocycles. The summed E-state index contributed by atoms with van der Waals surface area (Å²) in [5.74, 6) is -1.29. The van der Waals surface area contributed by atoms with Gasteiger partial charge in [0.1, 0.15) is 0 Å². The standard InChI is InChI=1S/C11H14N2O4/c1-7-2-4-8(5-3-7)12-11(17)13-9(6-14)10(15)16/h2-5,9,14H,6H2,1H3,(H,15,16)(H2,12,13,17)/t9-/m0/s1. The molecule has 0 spiro atoms. The minimum Gasteiger partial charge on any atom is -0.480 e. The molecule has 6 heteroatoms. The van der Waals surface area contributed by atoms with Gasteiger partial charge in [0.2, 0.25) is 0 Å². The fraction of sp³-hybridized carbons (Fsp3) is 0.273. The Hall–Kier alpha value is -2.08. The SMILES string of the molecule is Cc1ccc(NC(=O)N[C@@H](CO)C(=O)O)cc1. The number of carboxylic acid groups (broad SMARTS) is 1. The molecule has 0 bridgehead atoms. The average Bonchev–Trinajstić information content (AvgIpc) is 2.28. The molecule has 0 aliphatic rings. The van der Waals surface area contributed by atoms with E-state index in [1.54, 1.807) is 12.1 Å². The first-order valence-electron chi connectivity index (χ1n) is 5.01. The molecule has 0 aliphatic carbocycles. The maximum atomic E-state index is 11.4. The summed E-state index contributed by atoms with van der Waals surface area (Å²) in [6.07, 6.45) is 0. The zero-order chi connectivity index (χ0) is 12.8. The lowest BCUT2D eigenvalue weighted by molar-refractivity contribution is -0.140. The number of aliphatic carboxylic acids is 1. The molecule has 0 aliphatic heterocycles. The molecule has 6 nitrogen and oxygen atoms in total. The quantitative estimate of drug-likeness (QED) is 0.616. The number of aliphatic hydroxyl groups excluding tert-OH is 1. The topological polar surface area (TPSA) is 98.7 Å². The molecule has 0 heterocycles. The van der Waals surface area contributed by atoms with Gasteiger partial charge >= 0.3 is 12.0 Å². The van der Waals surface area contributed by atoms with Gasteiger partial charge in [-0.3, -0.25) is 0 Å². The van der Waals surface area contributed by atoms with Crippen molar-refractivity contribution in [3.63, 3.8) is 0 Å². The largest absolute Gasteiger partial charge is 0.480 e. The molecule has 17 heavy (non-hydrogen) atoms. The Morgan fingerprint density at radius 2 is 1.88 bits per heavy atom. The summed E-state index contributed by atoms with van der Waals surface area (Å²) in [7, 11) is 0. The van der Waals surface area contributed by atoms with Gasteiger partial charge in [-0.15, -0.1) is 0 Å². The number of aryl methyl sites for hydroxylation is 1. The second-order valence-corrected chi connectivity index (χ2v) is 3.54. The van der Waals surface area contributed by atoms with Crippen LogP contribution in [-0.2, 0) is 4.79 Å². The number of benzene rings is 1. The zero-order valence-electron chi connectivity index (χ0n) is 9.30. The first-order valence-corrected chi connectivity index (χ1v) is 5.01. The van der Waals surface area contributed by atoms with Crippen LogP contribution in [0.1, 0.15) is 5.56 Å². The van der Waals surface area contributed by atoms with Crippen molar-refractivity contribution < 1.29 is 19.8 Å². The van der Waals surface area contributed by atoms with E-state index in [9.17, 15) is 9.59 Å². The molecule has 0 radical (unpaired) electrons. The Morgan fingerprint density at radius 1 is 1.29 bits per heavy atom. The summed E-state index contributed by atoms with van der Waals surface area (Å²) in [6, 6.07) is 5.05. The third-order valence-electron chi connectivity index (χ3n) is 2.10. The minimum absolute atomic E-state index is 0.551. The second-order valence-electron chi connectivity index (χ2n) is 3.54. The van der Waals surface area contributed by atoms with Gasteiger partial charge in [-0.25, -0.2) is 9.59 Å². The van der Waals surface area contributed by atoms with Crippen molar-refractivity contribution in [2.24, 2.45) is 0 Å². The van der Waals surface area contributed by atoms with Crippen molar-refractivity contribution in [3.05, 3.63) is 29.8 Å². The number of carbonyl (C=O) groups excluding carboxylic acids is 1. The van der Waals surface area contributed by atoms with Gasteiger partial charge in [-0.1, -0.05) is 17.7 Å². The number of amides is 2. The van der Waals surface area contributed by atoms with Crippen LogP contribution in [-0.4, -0.2) is 34.9 Å². The van der Waals surface area contributed by atoms with E-state index in [1.165, 1.54) is 0 Å². The van der Waals surface area contributed by atoms with Crippen molar-refractivity contribution in [2.45, 2.75) is 13.0 Å². The Bertz CT molecular complexity index is 402. The Morgan fingerprint density at radius 3 is 2.35 bits per heavy atom. The van der Waals surface area contributed by atoms with Gasteiger partial charge in [-0.05, 0) is 19.1 Å². The van der Waals surface area contributed by atoms with Gasteiger partial charge < -0.3 is 20.8 Å². The van der Waals surface area contributed by atoms with Crippen LogP contribution in [0, 0.1) is 6.92 Å². The number of hydrogen-bond acceptors (Lipinski definition) is 3. The molecule has 2 amide bonds. The normalized spacial score (nSPS) is 11.6. The third-order valence-corrected chi connectivity index (χ3v) is 2.10. The molecule has 0 aromatic heterocycles. The van der Waals surface area contributed by atoms with Crippen molar-refractivity contribution in [1.82, 2.24) is 5.32 Å². The zero-order valence-corrected chi connectivity index (χ0v) is 9.30. The Kier molecular flexibility index (Phi) is 4.47. The monoisotopic (exact) mass is 238 g/mol. The number of rotatable bonds is 4. The predicted octanol–water partition coefficient (Wildman–Crippen LogP) is 0.562. The first kappa shape index (κ1) is 13.0. The molecular formula is C11H14N2O4. The van der Waals surface area contributed by atoms with Crippen LogP contribution in [0.3, 0.4) is 0 Å². The second kappa shape index (κ2) is 5.86. The summed E-state index contributed by atoms with van der Waals surface area (Å²) in [5, 5.41) is 21.9. The summed E-state index contributed by atoms with van der Waals surface area (Å²) >= 11 is 0. The fourth-order valence-electron chi connectivity index (χ4n) is 1.15. The molecule has 0 saturated carbocycles. The van der Waals surface area contributed by atoms with E-state index < -0.39 is 24.6 Å². The number of hydrogen-bond donors (Lipinski definition) is 4. The van der Waals surface area contributed by atoms with Crippen molar-refractivity contribution >= 4 is 17.7 Å². The molecule has 1 atom stereocenters. The smallest absolute Gasteiger partial charge is 0.328 e. The number of anilines is 1. The molecule has 1 rings (SSSR count). The summed E-state index contributed by atoms with van der Waals surface area (Å²) in [4.78, 5) is 21.9. The molecule has 1 aromatic carbocycles. The third kappa shape index (κ3) is 4.12. The van der Waals surface area contributed by atoms with Gasteiger partial charge in [0.15, 0.2) is 6.04 Å². The van der Waals surface area contributed by atoms with Crippen LogP contribution in [0.5, 0.6) is 0 Å². The first-order chi connectivity index (χ1) is 8.02. The highest BCUT2D eigenvalue weighted by Gasteiger charge is 2.18. The van der Waals surface area contributed by atoms with E-state index in [0.717, 1.165) is 5.56 Å². The highest BCUT2D eigenvalue weighted by Crippen LogP contribution is 2.08. The van der Waals surface area contributed by atoms with Crippen LogP contribution >= 0.6 is 0 Å². The average molecular weight is 238 g/mol. The maximum Gasteiger partial charge on any atom is 0.328 e. The number of carbonyl (C=O) groups is 2. The predicted molar refractivity (Wildman–Crippen MR) is 61.8 cm³/mol. The summed E-state index contributed by atoms with van der Waals surface area (Å²) in [6.45, 7) is 1.26. The van der Waals surface area contributed by atoms with E-state index in [-0.39, 0.29) is 0 Å². The van der Waals surface area contributed by atoms with Crippen LogP contribution in [0.25, 0.3) is 0 Å². The van der Waals surface area contributed by atoms with Gasteiger partial charge in [0.05, 0.1) is 6.61 Å². The number of nitrogens with one attached hydrogen (secondary N) is 2. The van der Waals surface area contributed by atoms with Gasteiger partial charge in [0, 0.05) is 5.69 Å². The Balaban J connectivity index is 2.54. The minimum atomic E-state index is -1.31. The highest BCUT2D eigenvalue weighted by atomic mass is 16.4. The molecular weight excluding hydrogens is 224 g/mol. The lowest BCUT2D eigenvalue weighted by Crippen LogP contribution is -2.45. The van der Waals surface area contributed by atoms with E-state index in [0.29, 0.717) is 5.69 Å². The van der Waals surface area contributed by atoms with Crippen LogP contribution in [0.15, 0.2) is 24.3 Å². The maximum absolute atomic E-state index is 11.4. The highest BCUT2D eigenvalue weighted by molar-refractivity contribution is 5.92. The molecule has 0 fully saturated rings. The lowest BCUT2D eigenvalue weighted by Gasteiger charge is -2.12. The summed E-state index contributed by atoms with van der Waals surface area (Å²) < 4.78 is 0. The number of aliphatic hydroxyl groups is 1. The van der Waals surface area contributed by atoms with Crippen LogP contribution in [0.2, 0.25) is 0 Å². The fourth-order valence-corrected chi connectivity index (χ4v) is 1.15. The molecule has 4 N–H and O–H groups in total. The van der Waals surface area contributed by atoms with E-state index >= 15 is 0 Å². The van der Waals surface area contributed by atoms with E-state index in [4.69, 9.17) is 10.2 Å². The van der Waals surface area contributed by atoms with E-state index in [2.05, 4.69) is 10.6 Å². The van der Waals surface area contributed by atoms with E-state index in [1.807, 2.05) is 19.1 Å². The summed E-state index contributed by atoms with van der Waals surface area (Å²) in [5.41, 5.74) is 1.60. The Labute approximate surface area is 98.3 Å². The van der Waals surface area contributed by atoms with Crippen molar-refractivity contribution in [1.29, 1.82) is 0 Å².